The third-order valence-corrected chi connectivity index (χ3v) is 7.25. The molecule has 7 nitrogen and oxygen atoms in total. The molecular weight excluding hydrogens is 452 g/mol. The van der Waals surface area contributed by atoms with E-state index in [0.29, 0.717) is 31.1 Å². The maximum absolute atomic E-state index is 13.5. The summed E-state index contributed by atoms with van der Waals surface area (Å²) in [5.41, 5.74) is 3.59. The van der Waals surface area contributed by atoms with Crippen LogP contribution in [0.5, 0.6) is 5.75 Å². The molecule has 1 atom stereocenters. The van der Waals surface area contributed by atoms with Gasteiger partial charge in [0, 0.05) is 33.2 Å². The number of rotatable bonds is 8. The molecule has 1 fully saturated rings. The van der Waals surface area contributed by atoms with Crippen molar-refractivity contribution in [3.63, 3.8) is 0 Å². The van der Waals surface area contributed by atoms with Crippen LogP contribution in [0.25, 0.3) is 0 Å². The molecule has 0 spiro atoms. The van der Waals surface area contributed by atoms with Gasteiger partial charge in [0.2, 0.25) is 5.91 Å². The van der Waals surface area contributed by atoms with E-state index < -0.39 is 0 Å². The van der Waals surface area contributed by atoms with E-state index in [1.54, 1.807) is 11.8 Å². The normalized spacial score (nSPS) is 14.9. The van der Waals surface area contributed by atoms with Crippen molar-refractivity contribution in [3.8, 4) is 5.75 Å². The molecule has 0 unspecified atom stereocenters. The van der Waals surface area contributed by atoms with E-state index >= 15 is 0 Å². The first-order chi connectivity index (χ1) is 17.4. The number of hydrogen-bond donors (Lipinski definition) is 0. The summed E-state index contributed by atoms with van der Waals surface area (Å²) in [6.07, 6.45) is 2.88. The molecule has 0 saturated carbocycles. The lowest BCUT2D eigenvalue weighted by molar-refractivity contribution is -0.132. The van der Waals surface area contributed by atoms with Crippen LogP contribution in [0.1, 0.15) is 40.2 Å². The Bertz CT molecular complexity index is 1180. The second kappa shape index (κ2) is 11.4. The summed E-state index contributed by atoms with van der Waals surface area (Å²) in [5, 5.41) is 4.36. The van der Waals surface area contributed by atoms with Crippen LogP contribution in [0.2, 0.25) is 0 Å². The van der Waals surface area contributed by atoms with Crippen LogP contribution in [-0.2, 0) is 24.7 Å². The molecule has 0 aliphatic carbocycles. The predicted octanol–water partition coefficient (Wildman–Crippen LogP) is 3.90. The molecule has 1 aliphatic heterocycles. The number of aryl methyl sites for hydroxylation is 2. The number of likely N-dealkylation sites (N-methyl/N-ethyl adjacent to an activating group) is 1. The molecule has 1 aromatic heterocycles. The van der Waals surface area contributed by atoms with Crippen molar-refractivity contribution in [2.24, 2.45) is 13.0 Å². The van der Waals surface area contributed by atoms with Gasteiger partial charge in [-0.05, 0) is 61.4 Å². The Hall–Kier alpha value is -3.61. The van der Waals surface area contributed by atoms with Gasteiger partial charge in [0.05, 0.1) is 19.2 Å². The summed E-state index contributed by atoms with van der Waals surface area (Å²) < 4.78 is 6.95. The zero-order valence-electron chi connectivity index (χ0n) is 21.7. The van der Waals surface area contributed by atoms with E-state index in [0.717, 1.165) is 36.3 Å². The summed E-state index contributed by atoms with van der Waals surface area (Å²) in [6.45, 7) is 3.30. The number of hydrogen-bond acceptors (Lipinski definition) is 4. The standard InChI is InChI=1S/C29H36N4O3/c1-21-17-27(32(3)30-21)29(35)31(2)26(19-22-9-6-5-7-10-22)24-13-15-33(16-14-24)28(34)20-23-11-8-12-25(18-23)36-4/h5-12,17-18,24,26H,13-16,19-20H2,1-4H3/t26-/m1/s1. The largest absolute Gasteiger partial charge is 0.497 e. The number of nitrogens with zero attached hydrogens (tertiary/aromatic N) is 4. The second-order valence-electron chi connectivity index (χ2n) is 9.71. The van der Waals surface area contributed by atoms with E-state index in [4.69, 9.17) is 4.74 Å². The van der Waals surface area contributed by atoms with Gasteiger partial charge in [-0.15, -0.1) is 0 Å². The van der Waals surface area contributed by atoms with E-state index in [1.165, 1.54) is 5.56 Å². The number of carbonyl (C=O) groups excluding carboxylic acids is 2. The molecule has 36 heavy (non-hydrogen) atoms. The summed E-state index contributed by atoms with van der Waals surface area (Å²) in [7, 11) is 5.35. The first-order valence-corrected chi connectivity index (χ1v) is 12.6. The minimum Gasteiger partial charge on any atom is -0.497 e. The van der Waals surface area contributed by atoms with Crippen LogP contribution >= 0.6 is 0 Å². The molecule has 7 heteroatoms. The SMILES string of the molecule is COc1cccc(CC(=O)N2CCC([C@@H](Cc3ccccc3)N(C)C(=O)c3cc(C)nn3C)CC2)c1. The molecule has 3 aromatic rings. The highest BCUT2D eigenvalue weighted by Gasteiger charge is 2.33. The molecule has 0 N–H and O–H groups in total. The van der Waals surface area contributed by atoms with Crippen LogP contribution in [0.4, 0.5) is 0 Å². The Morgan fingerprint density at radius 1 is 1.06 bits per heavy atom. The number of ether oxygens (including phenoxy) is 1. The number of amides is 2. The lowest BCUT2D eigenvalue weighted by Gasteiger charge is -2.40. The highest BCUT2D eigenvalue weighted by molar-refractivity contribution is 5.92. The van der Waals surface area contributed by atoms with Gasteiger partial charge in [-0.3, -0.25) is 14.3 Å². The second-order valence-corrected chi connectivity index (χ2v) is 9.71. The number of benzene rings is 2. The lowest BCUT2D eigenvalue weighted by atomic mass is 9.84. The number of likely N-dealkylation sites (tertiary alicyclic amines) is 1. The van der Waals surface area contributed by atoms with Crippen molar-refractivity contribution >= 4 is 11.8 Å². The first-order valence-electron chi connectivity index (χ1n) is 12.6. The molecule has 2 heterocycles. The fraction of sp³-hybridized carbons (Fsp3) is 0.414. The molecule has 0 radical (unpaired) electrons. The quantitative estimate of drug-likeness (QED) is 0.482. The minimum absolute atomic E-state index is 0.0180. The van der Waals surface area contributed by atoms with Crippen molar-refractivity contribution in [1.29, 1.82) is 0 Å². The average molecular weight is 489 g/mol. The van der Waals surface area contributed by atoms with Gasteiger partial charge in [-0.1, -0.05) is 42.5 Å². The Morgan fingerprint density at radius 3 is 2.39 bits per heavy atom. The third-order valence-electron chi connectivity index (χ3n) is 7.25. The van der Waals surface area contributed by atoms with Crippen molar-refractivity contribution in [1.82, 2.24) is 19.6 Å². The van der Waals surface area contributed by atoms with E-state index in [9.17, 15) is 9.59 Å². The van der Waals surface area contributed by atoms with Gasteiger partial charge in [-0.25, -0.2) is 0 Å². The lowest BCUT2D eigenvalue weighted by Crippen LogP contribution is -2.49. The smallest absolute Gasteiger partial charge is 0.272 e. The molecule has 190 valence electrons. The van der Waals surface area contributed by atoms with E-state index in [-0.39, 0.29) is 17.9 Å². The van der Waals surface area contributed by atoms with Crippen LogP contribution in [0, 0.1) is 12.8 Å². The molecule has 1 aliphatic rings. The molecule has 0 bridgehead atoms. The molecular formula is C29H36N4O3. The summed E-state index contributed by atoms with van der Waals surface area (Å²) in [6, 6.07) is 19.9. The molecule has 1 saturated heterocycles. The maximum Gasteiger partial charge on any atom is 0.272 e. The zero-order valence-corrected chi connectivity index (χ0v) is 21.7. The third kappa shape index (κ3) is 5.96. The fourth-order valence-electron chi connectivity index (χ4n) is 5.22. The fourth-order valence-corrected chi connectivity index (χ4v) is 5.22. The van der Waals surface area contributed by atoms with E-state index in [1.807, 2.05) is 79.3 Å². The molecule has 2 aromatic carbocycles. The predicted molar refractivity (Wildman–Crippen MR) is 140 cm³/mol. The minimum atomic E-state index is -0.0180. The molecule has 4 rings (SSSR count). The van der Waals surface area contributed by atoms with Crippen molar-refractivity contribution in [3.05, 3.63) is 83.2 Å². The van der Waals surface area contributed by atoms with Crippen LogP contribution in [0.15, 0.2) is 60.7 Å². The van der Waals surface area contributed by atoms with Gasteiger partial charge in [-0.2, -0.15) is 5.10 Å². The Kier molecular flexibility index (Phi) is 8.08. The van der Waals surface area contributed by atoms with Crippen molar-refractivity contribution in [2.75, 3.05) is 27.2 Å². The van der Waals surface area contributed by atoms with Crippen molar-refractivity contribution in [2.45, 2.75) is 38.6 Å². The monoisotopic (exact) mass is 488 g/mol. The summed E-state index contributed by atoms with van der Waals surface area (Å²) >= 11 is 0. The topological polar surface area (TPSA) is 67.7 Å². The van der Waals surface area contributed by atoms with Crippen LogP contribution in [0.3, 0.4) is 0 Å². The highest BCUT2D eigenvalue weighted by atomic mass is 16.5. The van der Waals surface area contributed by atoms with Gasteiger partial charge in [0.15, 0.2) is 0 Å². The number of methoxy groups -OCH3 is 1. The van der Waals surface area contributed by atoms with Gasteiger partial charge in [0.25, 0.3) is 5.91 Å². The van der Waals surface area contributed by atoms with Gasteiger partial charge in [0.1, 0.15) is 11.4 Å². The average Bonchev–Trinajstić information content (AvgIpc) is 3.24. The Labute approximate surface area is 213 Å². The van der Waals surface area contributed by atoms with E-state index in [2.05, 4.69) is 17.2 Å². The number of carbonyl (C=O) groups is 2. The van der Waals surface area contributed by atoms with Crippen LogP contribution < -0.4 is 4.74 Å². The van der Waals surface area contributed by atoms with Crippen LogP contribution in [-0.4, -0.2) is 64.7 Å². The van der Waals surface area contributed by atoms with Crippen molar-refractivity contribution < 1.29 is 14.3 Å². The zero-order chi connectivity index (χ0) is 25.7. The highest BCUT2D eigenvalue weighted by Crippen LogP contribution is 2.28. The Morgan fingerprint density at radius 2 is 1.75 bits per heavy atom. The summed E-state index contributed by atoms with van der Waals surface area (Å²) in [4.78, 5) is 30.3. The maximum atomic E-state index is 13.5. The number of piperidine rings is 1. The van der Waals surface area contributed by atoms with Gasteiger partial charge < -0.3 is 14.5 Å². The first kappa shape index (κ1) is 25.5. The Balaban J connectivity index is 1.45. The van der Waals surface area contributed by atoms with Gasteiger partial charge >= 0.3 is 0 Å². The molecule has 2 amide bonds. The number of aromatic nitrogens is 2. The summed E-state index contributed by atoms with van der Waals surface area (Å²) in [5.74, 6) is 1.18.